The maximum Gasteiger partial charge on any atom is 0.286 e. The van der Waals surface area contributed by atoms with Crippen molar-refractivity contribution in [1.82, 2.24) is 0 Å². The third-order valence-electron chi connectivity index (χ3n) is 3.69. The number of halogens is 3. The Morgan fingerprint density at radius 3 is 1.33 bits per heavy atom. The van der Waals surface area contributed by atoms with E-state index in [9.17, 15) is 13.2 Å². The molecule has 0 bridgehead atoms. The lowest BCUT2D eigenvalue weighted by Gasteiger charge is -2.47. The van der Waals surface area contributed by atoms with Gasteiger partial charge in [-0.05, 0) is 13.3 Å². The molecular formula is C12H23F3. The lowest BCUT2D eigenvalue weighted by Crippen LogP contribution is -2.58. The van der Waals surface area contributed by atoms with E-state index in [1.165, 1.54) is 20.8 Å². The summed E-state index contributed by atoms with van der Waals surface area (Å²) in [6, 6.07) is 0. The van der Waals surface area contributed by atoms with Gasteiger partial charge in [0, 0.05) is 10.8 Å². The van der Waals surface area contributed by atoms with Crippen molar-refractivity contribution in [2.24, 2.45) is 10.8 Å². The molecule has 0 heterocycles. The summed E-state index contributed by atoms with van der Waals surface area (Å²) >= 11 is 0. The zero-order chi connectivity index (χ0) is 12.7. The maximum atomic E-state index is 14.4. The van der Waals surface area contributed by atoms with Crippen LogP contribution in [0.25, 0.3) is 0 Å². The largest absolute Gasteiger partial charge is 0.286 e. The zero-order valence-corrected chi connectivity index (χ0v) is 10.8. The molecule has 0 aromatic carbocycles. The van der Waals surface area contributed by atoms with Crippen LogP contribution in [0.4, 0.5) is 13.2 Å². The second kappa shape index (κ2) is 3.67. The van der Waals surface area contributed by atoms with Crippen molar-refractivity contribution in [3.63, 3.8) is 0 Å². The van der Waals surface area contributed by atoms with Gasteiger partial charge in [-0.2, -0.15) is 0 Å². The fourth-order valence-corrected chi connectivity index (χ4v) is 1.46. The highest BCUT2D eigenvalue weighted by Crippen LogP contribution is 2.54. The SMILES string of the molecule is CCC(C)(C)C(C)(F)C(F)(F)C(C)(C)C. The van der Waals surface area contributed by atoms with Crippen LogP contribution in [0.2, 0.25) is 0 Å². The average molecular weight is 224 g/mol. The summed E-state index contributed by atoms with van der Waals surface area (Å²) in [5.74, 6) is -3.35. The van der Waals surface area contributed by atoms with Crippen molar-refractivity contribution >= 4 is 0 Å². The van der Waals surface area contributed by atoms with E-state index in [1.54, 1.807) is 20.8 Å². The molecule has 0 saturated carbocycles. The summed E-state index contributed by atoms with van der Waals surface area (Å²) < 4.78 is 42.4. The van der Waals surface area contributed by atoms with E-state index < -0.39 is 22.4 Å². The third kappa shape index (κ3) is 2.16. The lowest BCUT2D eigenvalue weighted by atomic mass is 9.65. The van der Waals surface area contributed by atoms with Gasteiger partial charge in [0.1, 0.15) is 0 Å². The van der Waals surface area contributed by atoms with Crippen molar-refractivity contribution in [3.8, 4) is 0 Å². The Kier molecular flexibility index (Phi) is 3.62. The number of alkyl halides is 3. The molecule has 0 radical (unpaired) electrons. The first-order valence-electron chi connectivity index (χ1n) is 5.38. The van der Waals surface area contributed by atoms with Crippen molar-refractivity contribution in [3.05, 3.63) is 0 Å². The smallest absolute Gasteiger partial charge is 0.237 e. The molecule has 0 saturated heterocycles. The molecule has 0 aliphatic carbocycles. The minimum Gasteiger partial charge on any atom is -0.237 e. The van der Waals surface area contributed by atoms with Crippen LogP contribution in [0.5, 0.6) is 0 Å². The summed E-state index contributed by atoms with van der Waals surface area (Å²) in [6.07, 6.45) is 0.381. The van der Waals surface area contributed by atoms with Crippen LogP contribution in [0.15, 0.2) is 0 Å². The summed E-state index contributed by atoms with van der Waals surface area (Å²) in [5, 5.41) is 0. The van der Waals surface area contributed by atoms with Crippen LogP contribution in [0, 0.1) is 10.8 Å². The second-order valence-electron chi connectivity index (χ2n) is 6.06. The summed E-state index contributed by atoms with van der Waals surface area (Å²) in [6.45, 7) is 9.96. The first-order chi connectivity index (χ1) is 6.31. The molecule has 92 valence electrons. The van der Waals surface area contributed by atoms with Crippen LogP contribution < -0.4 is 0 Å². The molecule has 1 unspecified atom stereocenters. The van der Waals surface area contributed by atoms with Gasteiger partial charge in [-0.25, -0.2) is 13.2 Å². The molecular weight excluding hydrogens is 201 g/mol. The molecule has 0 aliphatic rings. The highest BCUT2D eigenvalue weighted by molar-refractivity contribution is 5.04. The molecule has 15 heavy (non-hydrogen) atoms. The molecule has 0 aromatic heterocycles. The van der Waals surface area contributed by atoms with Gasteiger partial charge in [-0.3, -0.25) is 0 Å². The molecule has 0 aromatic rings. The van der Waals surface area contributed by atoms with Gasteiger partial charge < -0.3 is 0 Å². The minimum atomic E-state index is -3.35. The molecule has 0 nitrogen and oxygen atoms in total. The van der Waals surface area contributed by atoms with Gasteiger partial charge in [-0.15, -0.1) is 0 Å². The molecule has 0 fully saturated rings. The van der Waals surface area contributed by atoms with Crippen LogP contribution in [0.1, 0.15) is 54.9 Å². The summed E-state index contributed by atoms with van der Waals surface area (Å²) in [4.78, 5) is 0. The van der Waals surface area contributed by atoms with Crippen LogP contribution in [-0.2, 0) is 0 Å². The van der Waals surface area contributed by atoms with E-state index in [0.717, 1.165) is 6.92 Å². The predicted molar refractivity (Wildman–Crippen MR) is 58.0 cm³/mol. The summed E-state index contributed by atoms with van der Waals surface area (Å²) in [7, 11) is 0. The van der Waals surface area contributed by atoms with E-state index in [4.69, 9.17) is 0 Å². The van der Waals surface area contributed by atoms with E-state index in [1.807, 2.05) is 0 Å². The first kappa shape index (κ1) is 14.8. The number of rotatable bonds is 3. The highest BCUT2D eigenvalue weighted by atomic mass is 19.3. The highest BCUT2D eigenvalue weighted by Gasteiger charge is 2.64. The van der Waals surface area contributed by atoms with Crippen molar-refractivity contribution in [2.45, 2.75) is 66.5 Å². The Balaban J connectivity index is 5.38. The van der Waals surface area contributed by atoms with Crippen molar-refractivity contribution in [1.29, 1.82) is 0 Å². The molecule has 0 spiro atoms. The van der Waals surface area contributed by atoms with Crippen molar-refractivity contribution in [2.75, 3.05) is 0 Å². The van der Waals surface area contributed by atoms with E-state index in [2.05, 4.69) is 0 Å². The standard InChI is InChI=1S/C12H23F3/c1-8-10(5,6)11(7,13)12(14,15)9(2,3)4/h8H2,1-7H3. The second-order valence-corrected chi connectivity index (χ2v) is 6.06. The van der Waals surface area contributed by atoms with Crippen LogP contribution >= 0.6 is 0 Å². The monoisotopic (exact) mass is 224 g/mol. The van der Waals surface area contributed by atoms with Gasteiger partial charge in [-0.1, -0.05) is 41.5 Å². The van der Waals surface area contributed by atoms with Gasteiger partial charge in [0.15, 0.2) is 5.67 Å². The quantitative estimate of drug-likeness (QED) is 0.644. The van der Waals surface area contributed by atoms with Gasteiger partial charge in [0.25, 0.3) is 5.92 Å². The molecule has 1 atom stereocenters. The number of hydrogen-bond acceptors (Lipinski definition) is 0. The molecule has 0 rings (SSSR count). The number of hydrogen-bond donors (Lipinski definition) is 0. The zero-order valence-electron chi connectivity index (χ0n) is 10.8. The fourth-order valence-electron chi connectivity index (χ4n) is 1.46. The molecule has 0 amide bonds. The van der Waals surface area contributed by atoms with E-state index >= 15 is 0 Å². The third-order valence-corrected chi connectivity index (χ3v) is 3.69. The van der Waals surface area contributed by atoms with E-state index in [-0.39, 0.29) is 0 Å². The molecule has 0 N–H and O–H groups in total. The molecule has 3 heteroatoms. The normalized spacial score (nSPS) is 18.8. The Morgan fingerprint density at radius 1 is 0.800 bits per heavy atom. The lowest BCUT2D eigenvalue weighted by molar-refractivity contribution is -0.232. The summed E-state index contributed by atoms with van der Waals surface area (Å²) in [5.41, 5.74) is -4.92. The van der Waals surface area contributed by atoms with Gasteiger partial charge in [0.2, 0.25) is 0 Å². The van der Waals surface area contributed by atoms with Gasteiger partial charge >= 0.3 is 0 Å². The Bertz CT molecular complexity index is 222. The average Bonchev–Trinajstić information content (AvgIpc) is 2.01. The Labute approximate surface area is 91.3 Å². The van der Waals surface area contributed by atoms with Gasteiger partial charge in [0.05, 0.1) is 0 Å². The van der Waals surface area contributed by atoms with E-state index in [0.29, 0.717) is 6.42 Å². The Morgan fingerprint density at radius 2 is 1.13 bits per heavy atom. The molecule has 0 aliphatic heterocycles. The Hall–Kier alpha value is -0.210. The fraction of sp³-hybridized carbons (Fsp3) is 1.00. The maximum absolute atomic E-state index is 14.4. The first-order valence-corrected chi connectivity index (χ1v) is 5.38. The minimum absolute atomic E-state index is 0.381. The predicted octanol–water partition coefficient (Wildman–Crippen LogP) is 4.83. The van der Waals surface area contributed by atoms with Crippen LogP contribution in [-0.4, -0.2) is 11.6 Å². The van der Waals surface area contributed by atoms with Crippen LogP contribution in [0.3, 0.4) is 0 Å². The topological polar surface area (TPSA) is 0 Å². The van der Waals surface area contributed by atoms with Crippen molar-refractivity contribution < 1.29 is 13.2 Å².